The number of carbonyl (C=O) groups is 1. The van der Waals surface area contributed by atoms with Crippen molar-refractivity contribution in [2.75, 3.05) is 18.0 Å². The second-order valence-electron chi connectivity index (χ2n) is 6.39. The lowest BCUT2D eigenvalue weighted by molar-refractivity contribution is -0.138. The van der Waals surface area contributed by atoms with E-state index in [9.17, 15) is 13.2 Å². The maximum absolute atomic E-state index is 13.4. The van der Waals surface area contributed by atoms with Crippen molar-refractivity contribution in [3.05, 3.63) is 71.8 Å². The van der Waals surface area contributed by atoms with E-state index in [-0.39, 0.29) is 4.90 Å². The smallest absolute Gasteiger partial charge is 0.326 e. The van der Waals surface area contributed by atoms with Gasteiger partial charge in [0.25, 0.3) is 10.0 Å². The van der Waals surface area contributed by atoms with Crippen LogP contribution in [0.5, 0.6) is 0 Å². The third-order valence-electron chi connectivity index (χ3n) is 4.44. The Morgan fingerprint density at radius 2 is 1.67 bits per heavy atom. The van der Waals surface area contributed by atoms with Crippen LogP contribution in [0.1, 0.15) is 11.1 Å². The fraction of sp³-hybridized carbons (Fsp3) is 0.190. The minimum absolute atomic E-state index is 0.131. The van der Waals surface area contributed by atoms with Crippen LogP contribution in [0.3, 0.4) is 0 Å². The van der Waals surface area contributed by atoms with Crippen LogP contribution in [0.15, 0.2) is 65.6 Å². The van der Waals surface area contributed by atoms with Crippen molar-refractivity contribution in [1.82, 2.24) is 0 Å². The van der Waals surface area contributed by atoms with Crippen LogP contribution in [0.25, 0.3) is 10.8 Å². The first kappa shape index (κ1) is 18.9. The summed E-state index contributed by atoms with van der Waals surface area (Å²) in [7, 11) is -2.72. The number of fused-ring (bicyclic) bond motifs is 1. The van der Waals surface area contributed by atoms with Crippen LogP contribution in [0.4, 0.5) is 5.69 Å². The molecule has 0 saturated carbocycles. The standard InChI is InChI=1S/C21H21NO4S/c1-15-8-9-16(2)20(12-15)22(14-21(23)26-3)27(24,25)19-11-10-17-6-4-5-7-18(17)13-19/h4-13H,14H2,1-3H3. The summed E-state index contributed by atoms with van der Waals surface area (Å²) in [5.41, 5.74) is 2.13. The molecule has 0 saturated heterocycles. The molecule has 3 aromatic carbocycles. The van der Waals surface area contributed by atoms with Crippen molar-refractivity contribution in [1.29, 1.82) is 0 Å². The quantitative estimate of drug-likeness (QED) is 0.628. The van der Waals surface area contributed by atoms with Gasteiger partial charge in [-0.3, -0.25) is 9.10 Å². The third-order valence-corrected chi connectivity index (χ3v) is 6.20. The lowest BCUT2D eigenvalue weighted by Crippen LogP contribution is -2.36. The number of aryl methyl sites for hydroxylation is 2. The number of hydrogen-bond acceptors (Lipinski definition) is 4. The topological polar surface area (TPSA) is 63.7 Å². The van der Waals surface area contributed by atoms with Crippen molar-refractivity contribution < 1.29 is 17.9 Å². The highest BCUT2D eigenvalue weighted by Crippen LogP contribution is 2.29. The van der Waals surface area contributed by atoms with Crippen LogP contribution in [-0.4, -0.2) is 28.0 Å². The lowest BCUT2D eigenvalue weighted by Gasteiger charge is -2.25. The molecule has 3 rings (SSSR count). The van der Waals surface area contributed by atoms with E-state index >= 15 is 0 Å². The molecule has 0 amide bonds. The van der Waals surface area contributed by atoms with Gasteiger partial charge in [0.05, 0.1) is 17.7 Å². The van der Waals surface area contributed by atoms with E-state index in [4.69, 9.17) is 4.74 Å². The second kappa shape index (κ2) is 7.40. The molecular formula is C21H21NO4S. The number of anilines is 1. The molecule has 0 radical (unpaired) electrons. The molecule has 0 unspecified atom stereocenters. The molecule has 0 aromatic heterocycles. The van der Waals surface area contributed by atoms with Gasteiger partial charge in [-0.05, 0) is 53.9 Å². The highest BCUT2D eigenvalue weighted by atomic mass is 32.2. The molecule has 27 heavy (non-hydrogen) atoms. The molecule has 6 heteroatoms. The SMILES string of the molecule is COC(=O)CN(c1cc(C)ccc1C)S(=O)(=O)c1ccc2ccccc2c1. The van der Waals surface area contributed by atoms with Crippen LogP contribution in [-0.2, 0) is 19.6 Å². The van der Waals surface area contributed by atoms with Gasteiger partial charge in [-0.2, -0.15) is 0 Å². The Kier molecular flexibility index (Phi) is 5.19. The number of esters is 1. The molecule has 140 valence electrons. The summed E-state index contributed by atoms with van der Waals surface area (Å²) in [6, 6.07) is 18.0. The summed E-state index contributed by atoms with van der Waals surface area (Å²) in [4.78, 5) is 12.1. The van der Waals surface area contributed by atoms with Crippen LogP contribution in [0.2, 0.25) is 0 Å². The Morgan fingerprint density at radius 3 is 2.37 bits per heavy atom. The highest BCUT2D eigenvalue weighted by Gasteiger charge is 2.29. The number of methoxy groups -OCH3 is 1. The van der Waals surface area contributed by atoms with Gasteiger partial charge in [-0.1, -0.05) is 42.5 Å². The van der Waals surface area contributed by atoms with Crippen molar-refractivity contribution in [3.63, 3.8) is 0 Å². The van der Waals surface area contributed by atoms with E-state index in [2.05, 4.69) is 0 Å². The van der Waals surface area contributed by atoms with Gasteiger partial charge in [0.2, 0.25) is 0 Å². The number of rotatable bonds is 5. The molecule has 3 aromatic rings. The number of hydrogen-bond donors (Lipinski definition) is 0. The van der Waals surface area contributed by atoms with E-state index in [0.29, 0.717) is 5.69 Å². The first-order chi connectivity index (χ1) is 12.8. The lowest BCUT2D eigenvalue weighted by atomic mass is 10.1. The molecule has 0 aliphatic rings. The fourth-order valence-electron chi connectivity index (χ4n) is 2.92. The van der Waals surface area contributed by atoms with Crippen molar-refractivity contribution in [2.24, 2.45) is 0 Å². The number of sulfonamides is 1. The Labute approximate surface area is 159 Å². The van der Waals surface area contributed by atoms with Crippen molar-refractivity contribution >= 4 is 32.5 Å². The predicted octanol–water partition coefficient (Wildman–Crippen LogP) is 3.82. The van der Waals surface area contributed by atoms with Gasteiger partial charge in [-0.25, -0.2) is 8.42 Å². The molecule has 0 N–H and O–H groups in total. The fourth-order valence-corrected chi connectivity index (χ4v) is 4.43. The van der Waals surface area contributed by atoms with Crippen molar-refractivity contribution in [3.8, 4) is 0 Å². The summed E-state index contributed by atoms with van der Waals surface area (Å²) < 4.78 is 32.7. The average Bonchev–Trinajstić information content (AvgIpc) is 2.67. The maximum Gasteiger partial charge on any atom is 0.326 e. The van der Waals surface area contributed by atoms with Gasteiger partial charge in [0.15, 0.2) is 0 Å². The van der Waals surface area contributed by atoms with E-state index in [1.54, 1.807) is 24.3 Å². The van der Waals surface area contributed by atoms with E-state index < -0.39 is 22.5 Å². The molecule has 0 fully saturated rings. The summed E-state index contributed by atoms with van der Waals surface area (Å²) in [5, 5.41) is 1.76. The van der Waals surface area contributed by atoms with E-state index in [0.717, 1.165) is 26.2 Å². The van der Waals surface area contributed by atoms with Crippen LogP contribution >= 0.6 is 0 Å². The molecule has 0 spiro atoms. The molecule has 5 nitrogen and oxygen atoms in total. The molecule has 0 aliphatic carbocycles. The summed E-state index contributed by atoms with van der Waals surface area (Å²) >= 11 is 0. The predicted molar refractivity (Wildman–Crippen MR) is 106 cm³/mol. The Bertz CT molecular complexity index is 1110. The van der Waals surface area contributed by atoms with Gasteiger partial charge in [-0.15, -0.1) is 0 Å². The summed E-state index contributed by atoms with van der Waals surface area (Å²) in [5.74, 6) is -0.625. The normalized spacial score (nSPS) is 11.4. The third kappa shape index (κ3) is 3.80. The van der Waals surface area contributed by atoms with Gasteiger partial charge in [0, 0.05) is 0 Å². The van der Waals surface area contributed by atoms with E-state index in [1.165, 1.54) is 7.11 Å². The minimum Gasteiger partial charge on any atom is -0.468 e. The van der Waals surface area contributed by atoms with Gasteiger partial charge < -0.3 is 4.74 Å². The zero-order valence-electron chi connectivity index (χ0n) is 15.5. The number of nitrogens with zero attached hydrogens (tertiary/aromatic N) is 1. The summed E-state index contributed by atoms with van der Waals surface area (Å²) in [6.07, 6.45) is 0. The number of benzene rings is 3. The van der Waals surface area contributed by atoms with Crippen LogP contribution < -0.4 is 4.31 Å². The van der Waals surface area contributed by atoms with Gasteiger partial charge >= 0.3 is 5.97 Å². The molecule has 0 atom stereocenters. The average molecular weight is 383 g/mol. The first-order valence-electron chi connectivity index (χ1n) is 8.48. The van der Waals surface area contributed by atoms with Crippen LogP contribution in [0, 0.1) is 13.8 Å². The van der Waals surface area contributed by atoms with Crippen molar-refractivity contribution in [2.45, 2.75) is 18.7 Å². The summed E-state index contributed by atoms with van der Waals surface area (Å²) in [6.45, 7) is 3.30. The molecule has 0 aliphatic heterocycles. The monoisotopic (exact) mass is 383 g/mol. The second-order valence-corrected chi connectivity index (χ2v) is 8.25. The highest BCUT2D eigenvalue weighted by molar-refractivity contribution is 7.92. The molecule has 0 heterocycles. The molecule has 0 bridgehead atoms. The van der Waals surface area contributed by atoms with Gasteiger partial charge in [0.1, 0.15) is 6.54 Å². The Balaban J connectivity index is 2.16. The Hall–Kier alpha value is -2.86. The maximum atomic E-state index is 13.4. The molecular weight excluding hydrogens is 362 g/mol. The first-order valence-corrected chi connectivity index (χ1v) is 9.92. The number of carbonyl (C=O) groups excluding carboxylic acids is 1. The number of ether oxygens (including phenoxy) is 1. The zero-order valence-corrected chi connectivity index (χ0v) is 16.3. The van der Waals surface area contributed by atoms with E-state index in [1.807, 2.05) is 50.2 Å². The largest absolute Gasteiger partial charge is 0.468 e. The Morgan fingerprint density at radius 1 is 0.963 bits per heavy atom. The zero-order chi connectivity index (χ0) is 19.6. The minimum atomic E-state index is -3.96.